The summed E-state index contributed by atoms with van der Waals surface area (Å²) in [4.78, 5) is 26.5. The largest absolute Gasteiger partial charge is 0.504 e. The molecule has 2 saturated heterocycles. The van der Waals surface area contributed by atoms with E-state index in [1.54, 1.807) is 13.4 Å². The smallest absolute Gasteiger partial charge is 0.317 e. The van der Waals surface area contributed by atoms with Gasteiger partial charge in [-0.1, -0.05) is 0 Å². The standard InChI is InChI=1S/C17H22N2O5/c1-10(20)24-14-6-11-4-5-19-12(8-18)7-17(14,16(21)23-3)15(19)13(11)9-22-2/h9,11-12,14-15H,4-7H2,1-3H3/b13-9+/t11-,12?,14+,15-,17-/m1/s1. The number of carbonyl (C=O) groups is 2. The summed E-state index contributed by atoms with van der Waals surface area (Å²) < 4.78 is 15.9. The second-order valence-corrected chi connectivity index (χ2v) is 6.69. The number of rotatable bonds is 3. The molecule has 2 bridgehead atoms. The maximum Gasteiger partial charge on any atom is 0.317 e. The highest BCUT2D eigenvalue weighted by Crippen LogP contribution is 2.57. The van der Waals surface area contributed by atoms with Crippen LogP contribution in [-0.4, -0.2) is 55.8 Å². The van der Waals surface area contributed by atoms with E-state index < -0.39 is 29.5 Å². The Hall–Kier alpha value is -2.07. The molecule has 7 nitrogen and oxygen atoms in total. The van der Waals surface area contributed by atoms with Gasteiger partial charge in [-0.3, -0.25) is 14.5 Å². The molecule has 0 radical (unpaired) electrons. The van der Waals surface area contributed by atoms with Gasteiger partial charge >= 0.3 is 11.9 Å². The number of fused-ring (bicyclic) bond motifs is 1. The van der Waals surface area contributed by atoms with E-state index >= 15 is 0 Å². The summed E-state index contributed by atoms with van der Waals surface area (Å²) in [6, 6.07) is 1.56. The first kappa shape index (κ1) is 16.8. The van der Waals surface area contributed by atoms with Gasteiger partial charge in [0, 0.05) is 13.5 Å². The van der Waals surface area contributed by atoms with Crippen LogP contribution in [0.3, 0.4) is 0 Å². The van der Waals surface area contributed by atoms with Crippen molar-refractivity contribution < 1.29 is 23.8 Å². The van der Waals surface area contributed by atoms with E-state index in [1.165, 1.54) is 14.0 Å². The van der Waals surface area contributed by atoms with E-state index in [0.717, 1.165) is 18.5 Å². The Morgan fingerprint density at radius 3 is 2.75 bits per heavy atom. The molecule has 0 amide bonds. The van der Waals surface area contributed by atoms with Crippen LogP contribution in [0.15, 0.2) is 11.8 Å². The van der Waals surface area contributed by atoms with Gasteiger partial charge in [0.15, 0.2) is 0 Å². The molecule has 3 aliphatic rings. The molecule has 0 spiro atoms. The number of piperidine rings is 1. The van der Waals surface area contributed by atoms with E-state index in [0.29, 0.717) is 12.8 Å². The predicted octanol–water partition coefficient (Wildman–Crippen LogP) is 0.998. The van der Waals surface area contributed by atoms with Crippen LogP contribution in [0.25, 0.3) is 0 Å². The van der Waals surface area contributed by atoms with Crippen molar-refractivity contribution in [3.63, 3.8) is 0 Å². The molecule has 3 fully saturated rings. The third kappa shape index (κ3) is 2.20. The number of hydrogen-bond donors (Lipinski definition) is 0. The first-order valence-corrected chi connectivity index (χ1v) is 8.13. The van der Waals surface area contributed by atoms with Crippen molar-refractivity contribution in [3.05, 3.63) is 11.8 Å². The first-order chi connectivity index (χ1) is 11.5. The zero-order valence-corrected chi connectivity index (χ0v) is 14.2. The molecule has 2 aliphatic heterocycles. The molecule has 5 atom stereocenters. The Bertz CT molecular complexity index is 625. The fraction of sp³-hybridized carbons (Fsp3) is 0.706. The molecular formula is C17H22N2O5. The van der Waals surface area contributed by atoms with Crippen LogP contribution in [0.1, 0.15) is 26.2 Å². The molecule has 0 N–H and O–H groups in total. The van der Waals surface area contributed by atoms with Gasteiger partial charge < -0.3 is 14.2 Å². The molecule has 2 heterocycles. The third-order valence-corrected chi connectivity index (χ3v) is 5.62. The quantitative estimate of drug-likeness (QED) is 0.562. The molecule has 1 unspecified atom stereocenters. The third-order valence-electron chi connectivity index (χ3n) is 5.62. The van der Waals surface area contributed by atoms with Gasteiger partial charge in [0.2, 0.25) is 0 Å². The lowest BCUT2D eigenvalue weighted by Crippen LogP contribution is -2.61. The summed E-state index contributed by atoms with van der Waals surface area (Å²) in [5.74, 6) is -0.679. The SMILES string of the molecule is CO/C=C1\[C@@H]2CCN3C(C#N)C[C@@](C(=O)OC)([C@@H](OC(C)=O)C2)[C@@H]13. The minimum absolute atomic E-state index is 0.172. The molecule has 0 aromatic rings. The first-order valence-electron chi connectivity index (χ1n) is 8.13. The molecule has 0 aromatic heterocycles. The summed E-state index contributed by atoms with van der Waals surface area (Å²) in [5.41, 5.74) is -0.0578. The van der Waals surface area contributed by atoms with E-state index in [2.05, 4.69) is 6.07 Å². The summed E-state index contributed by atoms with van der Waals surface area (Å²) in [6.07, 6.45) is 2.79. The molecule has 130 valence electrons. The Kier molecular flexibility index (Phi) is 4.26. The zero-order chi connectivity index (χ0) is 17.5. The van der Waals surface area contributed by atoms with Crippen molar-refractivity contribution in [2.45, 2.75) is 44.4 Å². The van der Waals surface area contributed by atoms with E-state index in [-0.39, 0.29) is 12.0 Å². The highest BCUT2D eigenvalue weighted by molar-refractivity contribution is 5.81. The van der Waals surface area contributed by atoms with Crippen molar-refractivity contribution >= 4 is 11.9 Å². The number of methoxy groups -OCH3 is 2. The number of ether oxygens (including phenoxy) is 3. The Labute approximate surface area is 141 Å². The average Bonchev–Trinajstić information content (AvgIpc) is 2.93. The van der Waals surface area contributed by atoms with Crippen LogP contribution in [0, 0.1) is 22.7 Å². The highest BCUT2D eigenvalue weighted by atomic mass is 16.6. The summed E-state index contributed by atoms with van der Waals surface area (Å²) in [6.45, 7) is 2.08. The van der Waals surface area contributed by atoms with Gasteiger partial charge in [-0.25, -0.2) is 0 Å². The number of nitriles is 1. The maximum absolute atomic E-state index is 12.8. The molecule has 3 rings (SSSR count). The van der Waals surface area contributed by atoms with Crippen LogP contribution < -0.4 is 0 Å². The topological polar surface area (TPSA) is 88.9 Å². The zero-order valence-electron chi connectivity index (χ0n) is 14.2. The van der Waals surface area contributed by atoms with Crippen LogP contribution in [0.2, 0.25) is 0 Å². The van der Waals surface area contributed by atoms with E-state index in [9.17, 15) is 14.9 Å². The lowest BCUT2D eigenvalue weighted by atomic mass is 9.61. The van der Waals surface area contributed by atoms with Crippen LogP contribution >= 0.6 is 0 Å². The van der Waals surface area contributed by atoms with E-state index in [4.69, 9.17) is 14.2 Å². The van der Waals surface area contributed by atoms with Gasteiger partial charge in [0.25, 0.3) is 0 Å². The fourth-order valence-electron chi connectivity index (χ4n) is 4.81. The highest BCUT2D eigenvalue weighted by Gasteiger charge is 2.68. The van der Waals surface area contributed by atoms with Crippen molar-refractivity contribution in [1.29, 1.82) is 5.26 Å². The van der Waals surface area contributed by atoms with Crippen molar-refractivity contribution in [2.75, 3.05) is 20.8 Å². The Morgan fingerprint density at radius 2 is 2.17 bits per heavy atom. The predicted molar refractivity (Wildman–Crippen MR) is 82.3 cm³/mol. The van der Waals surface area contributed by atoms with Gasteiger partial charge in [0.1, 0.15) is 11.5 Å². The van der Waals surface area contributed by atoms with Crippen molar-refractivity contribution in [1.82, 2.24) is 4.90 Å². The normalized spacial score (nSPS) is 39.2. The van der Waals surface area contributed by atoms with Crippen molar-refractivity contribution in [2.24, 2.45) is 11.3 Å². The second kappa shape index (κ2) is 6.10. The second-order valence-electron chi connectivity index (χ2n) is 6.69. The van der Waals surface area contributed by atoms with Gasteiger partial charge in [-0.05, 0) is 30.8 Å². The van der Waals surface area contributed by atoms with Gasteiger partial charge in [-0.2, -0.15) is 5.26 Å². The monoisotopic (exact) mass is 334 g/mol. The van der Waals surface area contributed by atoms with Gasteiger partial charge in [0.05, 0.1) is 38.6 Å². The Morgan fingerprint density at radius 1 is 1.42 bits per heavy atom. The molecule has 7 heteroatoms. The van der Waals surface area contributed by atoms with Crippen LogP contribution in [-0.2, 0) is 23.8 Å². The molecular weight excluding hydrogens is 312 g/mol. The molecule has 0 aromatic carbocycles. The number of carbonyl (C=O) groups excluding carboxylic acids is 2. The minimum atomic E-state index is -1.05. The molecule has 1 saturated carbocycles. The van der Waals surface area contributed by atoms with E-state index in [1.807, 2.05) is 4.90 Å². The summed E-state index contributed by atoms with van der Waals surface area (Å²) in [5, 5.41) is 9.58. The number of esters is 2. The fourth-order valence-corrected chi connectivity index (χ4v) is 4.81. The summed E-state index contributed by atoms with van der Waals surface area (Å²) in [7, 11) is 2.91. The van der Waals surface area contributed by atoms with Crippen LogP contribution in [0.4, 0.5) is 0 Å². The summed E-state index contributed by atoms with van der Waals surface area (Å²) >= 11 is 0. The lowest BCUT2D eigenvalue weighted by Gasteiger charge is -2.51. The van der Waals surface area contributed by atoms with Crippen LogP contribution in [0.5, 0.6) is 0 Å². The lowest BCUT2D eigenvalue weighted by molar-refractivity contribution is -0.178. The minimum Gasteiger partial charge on any atom is -0.504 e. The van der Waals surface area contributed by atoms with Crippen molar-refractivity contribution in [3.8, 4) is 6.07 Å². The molecule has 24 heavy (non-hydrogen) atoms. The maximum atomic E-state index is 12.8. The average molecular weight is 334 g/mol. The Balaban J connectivity index is 2.15. The number of hydrogen-bond acceptors (Lipinski definition) is 7. The number of nitrogens with zero attached hydrogens (tertiary/aromatic N) is 2. The molecule has 1 aliphatic carbocycles. The van der Waals surface area contributed by atoms with Gasteiger partial charge in [-0.15, -0.1) is 0 Å².